The summed E-state index contributed by atoms with van der Waals surface area (Å²) in [4.78, 5) is 12.0. The maximum atomic E-state index is 6.32. The summed E-state index contributed by atoms with van der Waals surface area (Å²) in [5.74, 6) is 0.857. The predicted octanol–water partition coefficient (Wildman–Crippen LogP) is 5.39. The van der Waals surface area contributed by atoms with Gasteiger partial charge in [-0.1, -0.05) is 36.0 Å². The molecule has 0 unspecified atom stereocenters. The number of hydrogen-bond acceptors (Lipinski definition) is 5. The molecule has 4 heterocycles. The van der Waals surface area contributed by atoms with Crippen molar-refractivity contribution in [1.82, 2.24) is 20.2 Å². The molecular formula is C24H20N4OS2. The zero-order valence-electron chi connectivity index (χ0n) is 16.6. The van der Waals surface area contributed by atoms with Crippen LogP contribution in [-0.4, -0.2) is 20.0 Å². The Bertz CT molecular complexity index is 1150. The highest BCUT2D eigenvalue weighted by molar-refractivity contribution is 7.99. The number of aromatic nitrogens is 2. The lowest BCUT2D eigenvalue weighted by atomic mass is 10.0. The van der Waals surface area contributed by atoms with Crippen LogP contribution in [0.4, 0.5) is 0 Å². The third kappa shape index (κ3) is 4.33. The summed E-state index contributed by atoms with van der Waals surface area (Å²) in [5.41, 5.74) is 2.07. The molecule has 1 saturated heterocycles. The van der Waals surface area contributed by atoms with Gasteiger partial charge < -0.3 is 14.6 Å². The van der Waals surface area contributed by atoms with E-state index in [2.05, 4.69) is 32.3 Å². The Hall–Kier alpha value is -3.16. The summed E-state index contributed by atoms with van der Waals surface area (Å²) < 4.78 is 6.32. The molecule has 1 aromatic carbocycles. The van der Waals surface area contributed by atoms with Crippen molar-refractivity contribution in [2.24, 2.45) is 0 Å². The first-order valence-electron chi connectivity index (χ1n) is 9.97. The van der Waals surface area contributed by atoms with Gasteiger partial charge in [0.2, 0.25) is 0 Å². The van der Waals surface area contributed by atoms with Gasteiger partial charge >= 0.3 is 0 Å². The lowest BCUT2D eigenvalue weighted by Crippen LogP contribution is -2.29. The molecule has 0 aliphatic carbocycles. The topological polar surface area (TPSA) is 54.2 Å². The fourth-order valence-electron chi connectivity index (χ4n) is 3.72. The molecule has 7 heteroatoms. The first-order chi connectivity index (χ1) is 15.3. The molecule has 1 aliphatic heterocycles. The molecule has 31 heavy (non-hydrogen) atoms. The average molecular weight is 445 g/mol. The van der Waals surface area contributed by atoms with Crippen molar-refractivity contribution in [3.63, 3.8) is 0 Å². The summed E-state index contributed by atoms with van der Waals surface area (Å²) in [7, 11) is 0. The van der Waals surface area contributed by atoms with Crippen molar-refractivity contribution in [3.05, 3.63) is 108 Å². The van der Waals surface area contributed by atoms with Gasteiger partial charge in [0.1, 0.15) is 11.8 Å². The minimum absolute atomic E-state index is 0.101. The van der Waals surface area contributed by atoms with Crippen molar-refractivity contribution in [1.29, 1.82) is 0 Å². The molecule has 1 aliphatic rings. The van der Waals surface area contributed by atoms with Crippen LogP contribution in [0, 0.1) is 0 Å². The quantitative estimate of drug-likeness (QED) is 0.400. The summed E-state index contributed by atoms with van der Waals surface area (Å²) in [6, 6.07) is 24.0. The van der Waals surface area contributed by atoms with Crippen LogP contribution in [0.5, 0.6) is 0 Å². The summed E-state index contributed by atoms with van der Waals surface area (Å²) in [6.45, 7) is 0.657. The van der Waals surface area contributed by atoms with Crippen LogP contribution in [0.25, 0.3) is 0 Å². The molecule has 0 saturated carbocycles. The van der Waals surface area contributed by atoms with Gasteiger partial charge in [-0.05, 0) is 66.3 Å². The molecule has 2 atom stereocenters. The van der Waals surface area contributed by atoms with Gasteiger partial charge in [-0.25, -0.2) is 0 Å². The second kappa shape index (κ2) is 8.91. The van der Waals surface area contributed by atoms with E-state index in [-0.39, 0.29) is 12.1 Å². The summed E-state index contributed by atoms with van der Waals surface area (Å²) in [6.07, 6.45) is 5.41. The molecule has 1 fully saturated rings. The molecule has 0 bridgehead atoms. The Morgan fingerprint density at radius 1 is 0.935 bits per heavy atom. The van der Waals surface area contributed by atoms with Crippen LogP contribution >= 0.6 is 24.0 Å². The minimum Gasteiger partial charge on any atom is -0.452 e. The summed E-state index contributed by atoms with van der Waals surface area (Å²) in [5, 5.41) is 5.00. The third-order valence-electron chi connectivity index (χ3n) is 5.16. The van der Waals surface area contributed by atoms with E-state index >= 15 is 0 Å². The van der Waals surface area contributed by atoms with Gasteiger partial charge in [-0.15, -0.1) is 0 Å². The lowest BCUT2D eigenvalue weighted by molar-refractivity contribution is 0.254. The molecule has 0 spiro atoms. The molecule has 5 rings (SSSR count). The number of nitrogens with one attached hydrogen (secondary N) is 1. The van der Waals surface area contributed by atoms with Crippen molar-refractivity contribution >= 4 is 29.1 Å². The Morgan fingerprint density at radius 2 is 1.74 bits per heavy atom. The van der Waals surface area contributed by atoms with E-state index in [1.54, 1.807) is 24.2 Å². The maximum Gasteiger partial charge on any atom is 0.170 e. The molecule has 0 amide bonds. The van der Waals surface area contributed by atoms with Crippen LogP contribution in [0.2, 0.25) is 0 Å². The third-order valence-corrected chi connectivity index (χ3v) is 6.44. The first-order valence-corrected chi connectivity index (χ1v) is 11.2. The fourth-order valence-corrected chi connectivity index (χ4v) is 4.83. The number of nitrogens with zero attached hydrogens (tertiary/aromatic N) is 3. The molecule has 154 valence electrons. The minimum atomic E-state index is -0.110. The molecular weight excluding hydrogens is 424 g/mol. The molecule has 3 aromatic heterocycles. The Labute approximate surface area is 190 Å². The van der Waals surface area contributed by atoms with Crippen LogP contribution in [0.3, 0.4) is 0 Å². The number of rotatable bonds is 6. The zero-order chi connectivity index (χ0) is 21.0. The van der Waals surface area contributed by atoms with Gasteiger partial charge in [0.05, 0.1) is 11.7 Å². The van der Waals surface area contributed by atoms with E-state index in [1.807, 2.05) is 66.9 Å². The Kier molecular flexibility index (Phi) is 5.69. The van der Waals surface area contributed by atoms with Gasteiger partial charge in [-0.2, -0.15) is 0 Å². The zero-order valence-corrected chi connectivity index (χ0v) is 18.2. The van der Waals surface area contributed by atoms with Gasteiger partial charge in [-0.3, -0.25) is 9.97 Å². The molecule has 5 nitrogen and oxygen atoms in total. The Balaban J connectivity index is 1.48. The van der Waals surface area contributed by atoms with Crippen LogP contribution in [-0.2, 0) is 6.54 Å². The number of hydrogen-bond donors (Lipinski definition) is 1. The molecule has 0 radical (unpaired) electrons. The SMILES string of the molecule is S=C1N[C@@H](c2ccccn2)[C@H](c2ccc(Sc3ccccc3)o2)N1Cc1ccncc1. The van der Waals surface area contributed by atoms with Gasteiger partial charge in [0.15, 0.2) is 10.2 Å². The maximum absolute atomic E-state index is 6.32. The fraction of sp³-hybridized carbons (Fsp3) is 0.125. The predicted molar refractivity (Wildman–Crippen MR) is 125 cm³/mol. The monoisotopic (exact) mass is 444 g/mol. The lowest BCUT2D eigenvalue weighted by Gasteiger charge is -2.26. The van der Waals surface area contributed by atoms with Crippen molar-refractivity contribution in [2.45, 2.75) is 28.6 Å². The normalized spacial score (nSPS) is 18.2. The second-order valence-electron chi connectivity index (χ2n) is 7.18. The van der Waals surface area contributed by atoms with Crippen LogP contribution in [0.15, 0.2) is 106 Å². The second-order valence-corrected chi connectivity index (χ2v) is 8.65. The van der Waals surface area contributed by atoms with Crippen molar-refractivity contribution in [2.75, 3.05) is 0 Å². The molecule has 1 N–H and O–H groups in total. The van der Waals surface area contributed by atoms with Crippen molar-refractivity contribution in [3.8, 4) is 0 Å². The number of pyridine rings is 2. The highest BCUT2D eigenvalue weighted by Crippen LogP contribution is 2.41. The highest BCUT2D eigenvalue weighted by atomic mass is 32.2. The largest absolute Gasteiger partial charge is 0.452 e. The van der Waals surface area contributed by atoms with E-state index in [1.165, 1.54) is 0 Å². The van der Waals surface area contributed by atoms with Crippen LogP contribution in [0.1, 0.15) is 29.1 Å². The Morgan fingerprint density at radius 3 is 2.52 bits per heavy atom. The number of benzene rings is 1. The standard InChI is InChI=1S/C24H20N4OS2/c30-24-27-22(19-8-4-5-13-26-19)23(28(24)16-17-11-14-25-15-12-17)20-9-10-21(29-20)31-18-6-2-1-3-7-18/h1-15,22-23H,16H2,(H,27,30)/t22-,23-/m0/s1. The van der Waals surface area contributed by atoms with Gasteiger partial charge in [0.25, 0.3) is 0 Å². The van der Waals surface area contributed by atoms with Crippen LogP contribution < -0.4 is 5.32 Å². The highest BCUT2D eigenvalue weighted by Gasteiger charge is 2.41. The first kappa shape index (κ1) is 19.8. The van der Waals surface area contributed by atoms with Gasteiger partial charge in [0, 0.05) is 30.0 Å². The van der Waals surface area contributed by atoms with Crippen molar-refractivity contribution < 1.29 is 4.42 Å². The van der Waals surface area contributed by atoms with E-state index in [4.69, 9.17) is 16.6 Å². The van der Waals surface area contributed by atoms with E-state index in [0.717, 1.165) is 27.0 Å². The number of thiocarbonyl (C=S) groups is 1. The van der Waals surface area contributed by atoms with E-state index in [9.17, 15) is 0 Å². The van der Waals surface area contributed by atoms with E-state index in [0.29, 0.717) is 11.7 Å². The molecule has 4 aromatic rings. The van der Waals surface area contributed by atoms with E-state index < -0.39 is 0 Å². The summed E-state index contributed by atoms with van der Waals surface area (Å²) >= 11 is 7.34. The average Bonchev–Trinajstić information content (AvgIpc) is 3.40. The smallest absolute Gasteiger partial charge is 0.170 e. The number of furan rings is 1.